The van der Waals surface area contributed by atoms with Crippen LogP contribution in [-0.4, -0.2) is 80.5 Å². The Morgan fingerprint density at radius 1 is 1.04 bits per heavy atom. The predicted molar refractivity (Wildman–Crippen MR) is 98.5 cm³/mol. The summed E-state index contributed by atoms with van der Waals surface area (Å²) in [6.07, 6.45) is 4.36. The van der Waals surface area contributed by atoms with Gasteiger partial charge in [0.15, 0.2) is 0 Å². The Hall–Kier alpha value is -1.70. The molecule has 1 aromatic carbocycles. The van der Waals surface area contributed by atoms with Gasteiger partial charge in [0.2, 0.25) is 15.9 Å². The smallest absolute Gasteiger partial charge is 0.236 e. The number of carbonyl (C=O) groups is 1. The summed E-state index contributed by atoms with van der Waals surface area (Å²) in [4.78, 5) is 16.4. The molecule has 2 heterocycles. The lowest BCUT2D eigenvalue weighted by atomic mass is 9.99. The lowest BCUT2D eigenvalue weighted by molar-refractivity contribution is -0.133. The summed E-state index contributed by atoms with van der Waals surface area (Å²) in [5, 5.41) is 0. The molecular formula is C18H25N3O3S. The van der Waals surface area contributed by atoms with E-state index >= 15 is 0 Å². The molecule has 7 heteroatoms. The third kappa shape index (κ3) is 4.68. The van der Waals surface area contributed by atoms with Crippen molar-refractivity contribution >= 4 is 21.5 Å². The number of piperazine rings is 1. The van der Waals surface area contributed by atoms with Gasteiger partial charge in [0.1, 0.15) is 0 Å². The fraction of sp³-hybridized carbons (Fsp3) is 0.500. The van der Waals surface area contributed by atoms with Gasteiger partial charge in [-0.2, -0.15) is 4.31 Å². The first kappa shape index (κ1) is 18.1. The number of rotatable bonds is 4. The highest BCUT2D eigenvalue weighted by Crippen LogP contribution is 2.22. The lowest BCUT2D eigenvalue weighted by Crippen LogP contribution is -2.52. The Labute approximate surface area is 149 Å². The van der Waals surface area contributed by atoms with Crippen molar-refractivity contribution in [3.8, 4) is 0 Å². The summed E-state index contributed by atoms with van der Waals surface area (Å²) < 4.78 is 24.5. The van der Waals surface area contributed by atoms with Gasteiger partial charge in [0.25, 0.3) is 0 Å². The van der Waals surface area contributed by atoms with Crippen LogP contribution in [-0.2, 0) is 14.8 Å². The molecule has 25 heavy (non-hydrogen) atoms. The SMILES string of the molecule is CS(=O)(=O)N1CCN(C(=O)CN2CC=C(c3ccccc3)CC2)CC1. The Kier molecular flexibility index (Phi) is 5.56. The maximum atomic E-state index is 12.5. The van der Waals surface area contributed by atoms with E-state index in [-0.39, 0.29) is 5.91 Å². The Bertz CT molecular complexity index is 738. The summed E-state index contributed by atoms with van der Waals surface area (Å²) in [7, 11) is -3.16. The van der Waals surface area contributed by atoms with Crippen molar-refractivity contribution in [2.45, 2.75) is 6.42 Å². The molecule has 6 nitrogen and oxygen atoms in total. The summed E-state index contributed by atoms with van der Waals surface area (Å²) >= 11 is 0. The minimum atomic E-state index is -3.16. The molecule has 1 fully saturated rings. The van der Waals surface area contributed by atoms with Gasteiger partial charge in [-0.05, 0) is 17.6 Å². The maximum Gasteiger partial charge on any atom is 0.236 e. The normalized spacial score (nSPS) is 20.4. The second-order valence-corrected chi connectivity index (χ2v) is 8.61. The van der Waals surface area contributed by atoms with E-state index in [9.17, 15) is 13.2 Å². The van der Waals surface area contributed by atoms with Crippen LogP contribution >= 0.6 is 0 Å². The van der Waals surface area contributed by atoms with Gasteiger partial charge in [-0.15, -0.1) is 0 Å². The number of benzene rings is 1. The van der Waals surface area contributed by atoms with Crippen LogP contribution in [0.1, 0.15) is 12.0 Å². The van der Waals surface area contributed by atoms with Gasteiger partial charge in [-0.1, -0.05) is 36.4 Å². The van der Waals surface area contributed by atoms with Crippen molar-refractivity contribution in [3.05, 3.63) is 42.0 Å². The Morgan fingerprint density at radius 3 is 2.28 bits per heavy atom. The van der Waals surface area contributed by atoms with Crippen molar-refractivity contribution in [2.24, 2.45) is 0 Å². The first-order chi connectivity index (χ1) is 11.9. The van der Waals surface area contributed by atoms with Gasteiger partial charge >= 0.3 is 0 Å². The van der Waals surface area contributed by atoms with Crippen LogP contribution in [0, 0.1) is 0 Å². The largest absolute Gasteiger partial charge is 0.339 e. The zero-order valence-corrected chi connectivity index (χ0v) is 15.4. The van der Waals surface area contributed by atoms with E-state index in [1.807, 2.05) is 18.2 Å². The number of nitrogens with zero attached hydrogens (tertiary/aromatic N) is 3. The average molecular weight is 363 g/mol. The van der Waals surface area contributed by atoms with Crippen molar-refractivity contribution in [2.75, 3.05) is 52.1 Å². The minimum Gasteiger partial charge on any atom is -0.339 e. The van der Waals surface area contributed by atoms with Gasteiger partial charge in [0, 0.05) is 39.3 Å². The van der Waals surface area contributed by atoms with Crippen LogP contribution in [0.5, 0.6) is 0 Å². The number of sulfonamides is 1. The lowest BCUT2D eigenvalue weighted by Gasteiger charge is -2.35. The van der Waals surface area contributed by atoms with Crippen LogP contribution in [0.25, 0.3) is 5.57 Å². The first-order valence-electron chi connectivity index (χ1n) is 8.63. The molecular weight excluding hydrogens is 338 g/mol. The van der Waals surface area contributed by atoms with Crippen molar-refractivity contribution in [1.29, 1.82) is 0 Å². The van der Waals surface area contributed by atoms with E-state index in [1.165, 1.54) is 21.7 Å². The van der Waals surface area contributed by atoms with Crippen molar-refractivity contribution in [1.82, 2.24) is 14.1 Å². The first-order valence-corrected chi connectivity index (χ1v) is 10.5. The molecule has 0 unspecified atom stereocenters. The molecule has 0 bridgehead atoms. The van der Waals surface area contributed by atoms with Gasteiger partial charge in [-0.25, -0.2) is 8.42 Å². The molecule has 0 radical (unpaired) electrons. The van der Waals surface area contributed by atoms with E-state index in [0.29, 0.717) is 32.7 Å². The molecule has 0 saturated carbocycles. The van der Waals surface area contributed by atoms with E-state index in [1.54, 1.807) is 4.90 Å². The molecule has 3 rings (SSSR count). The zero-order valence-electron chi connectivity index (χ0n) is 14.6. The monoisotopic (exact) mass is 363 g/mol. The molecule has 0 atom stereocenters. The quantitative estimate of drug-likeness (QED) is 0.797. The highest BCUT2D eigenvalue weighted by molar-refractivity contribution is 7.88. The van der Waals surface area contributed by atoms with Crippen LogP contribution < -0.4 is 0 Å². The summed E-state index contributed by atoms with van der Waals surface area (Å²) in [5.74, 6) is 0.0877. The van der Waals surface area contributed by atoms with Crippen LogP contribution in [0.2, 0.25) is 0 Å². The third-order valence-electron chi connectivity index (χ3n) is 4.86. The van der Waals surface area contributed by atoms with Crippen molar-refractivity contribution < 1.29 is 13.2 Å². The fourth-order valence-electron chi connectivity index (χ4n) is 3.33. The van der Waals surface area contributed by atoms with E-state index < -0.39 is 10.0 Å². The molecule has 1 aromatic rings. The number of hydrogen-bond donors (Lipinski definition) is 0. The third-order valence-corrected chi connectivity index (χ3v) is 6.16. The fourth-order valence-corrected chi connectivity index (χ4v) is 4.16. The zero-order chi connectivity index (χ0) is 17.9. The molecule has 2 aliphatic heterocycles. The minimum absolute atomic E-state index is 0.0877. The van der Waals surface area contributed by atoms with Gasteiger partial charge in [0.05, 0.1) is 12.8 Å². The van der Waals surface area contributed by atoms with E-state index in [2.05, 4.69) is 23.1 Å². The predicted octanol–water partition coefficient (Wildman–Crippen LogP) is 0.880. The highest BCUT2D eigenvalue weighted by Gasteiger charge is 2.27. The Balaban J connectivity index is 1.49. The molecule has 2 aliphatic rings. The molecule has 1 amide bonds. The number of carbonyl (C=O) groups excluding carboxylic acids is 1. The average Bonchev–Trinajstić information content (AvgIpc) is 2.62. The topological polar surface area (TPSA) is 60.9 Å². The highest BCUT2D eigenvalue weighted by atomic mass is 32.2. The molecule has 0 spiro atoms. The second-order valence-electron chi connectivity index (χ2n) is 6.62. The van der Waals surface area contributed by atoms with E-state index in [4.69, 9.17) is 0 Å². The van der Waals surface area contributed by atoms with Crippen LogP contribution in [0.15, 0.2) is 36.4 Å². The summed E-state index contributed by atoms with van der Waals surface area (Å²) in [6, 6.07) is 10.3. The van der Waals surface area contributed by atoms with Gasteiger partial charge < -0.3 is 4.90 Å². The summed E-state index contributed by atoms with van der Waals surface area (Å²) in [6.45, 7) is 3.79. The number of hydrogen-bond acceptors (Lipinski definition) is 4. The molecule has 0 aromatic heterocycles. The molecule has 0 aliphatic carbocycles. The molecule has 0 N–H and O–H groups in total. The summed E-state index contributed by atoms with van der Waals surface area (Å²) in [5.41, 5.74) is 2.59. The standard InChI is InChI=1S/C18H25N3O3S/c1-25(23,24)21-13-11-20(12-14-21)18(22)15-19-9-7-17(8-10-19)16-5-3-2-4-6-16/h2-7H,8-15H2,1H3. The van der Waals surface area contributed by atoms with Crippen LogP contribution in [0.4, 0.5) is 0 Å². The molecule has 1 saturated heterocycles. The Morgan fingerprint density at radius 2 is 1.72 bits per heavy atom. The second kappa shape index (κ2) is 7.68. The van der Waals surface area contributed by atoms with E-state index in [0.717, 1.165) is 19.5 Å². The molecule has 136 valence electrons. The van der Waals surface area contributed by atoms with Crippen LogP contribution in [0.3, 0.4) is 0 Å². The van der Waals surface area contributed by atoms with Crippen molar-refractivity contribution in [3.63, 3.8) is 0 Å². The number of amides is 1. The van der Waals surface area contributed by atoms with Gasteiger partial charge in [-0.3, -0.25) is 9.69 Å². The maximum absolute atomic E-state index is 12.5.